The molecule has 28 heavy (non-hydrogen) atoms. The Morgan fingerprint density at radius 3 is 3.00 bits per heavy atom. The van der Waals surface area contributed by atoms with Gasteiger partial charge in [-0.05, 0) is 48.8 Å². The molecule has 3 heterocycles. The first kappa shape index (κ1) is 18.8. The van der Waals surface area contributed by atoms with E-state index in [1.54, 1.807) is 6.20 Å². The molecule has 2 N–H and O–H groups in total. The summed E-state index contributed by atoms with van der Waals surface area (Å²) in [6.07, 6.45) is 6.94. The molecule has 0 bridgehead atoms. The Hall–Kier alpha value is -2.51. The molecule has 1 fully saturated rings. The quantitative estimate of drug-likeness (QED) is 0.600. The van der Waals surface area contributed by atoms with Crippen LogP contribution < -0.4 is 5.32 Å². The van der Waals surface area contributed by atoms with E-state index >= 15 is 0 Å². The first-order chi connectivity index (χ1) is 13.8. The number of hydrogen-bond acceptors (Lipinski definition) is 4. The Labute approximate surface area is 170 Å². The molecule has 0 spiro atoms. The van der Waals surface area contributed by atoms with E-state index in [0.717, 1.165) is 66.5 Å². The van der Waals surface area contributed by atoms with Gasteiger partial charge in [-0.3, -0.25) is 4.98 Å². The van der Waals surface area contributed by atoms with Crippen molar-refractivity contribution in [2.45, 2.75) is 31.9 Å². The minimum atomic E-state index is 0.258. The molecular weight excluding hydrogens is 370 g/mol. The zero-order chi connectivity index (χ0) is 19.2. The topological polar surface area (TPSA) is 66.1 Å². The molecule has 0 radical (unpaired) electrons. The molecule has 146 valence electrons. The van der Waals surface area contributed by atoms with E-state index in [1.807, 2.05) is 36.5 Å². The molecule has 1 atom stereocenters. The number of thiocarbonyl (C=S) groups is 1. The van der Waals surface area contributed by atoms with Crippen molar-refractivity contribution in [2.75, 3.05) is 19.7 Å². The van der Waals surface area contributed by atoms with Crippen LogP contribution in [0.15, 0.2) is 48.8 Å². The summed E-state index contributed by atoms with van der Waals surface area (Å²) in [6.45, 7) is 3.09. The van der Waals surface area contributed by atoms with Gasteiger partial charge in [-0.1, -0.05) is 18.2 Å². The maximum absolute atomic E-state index is 5.70. The van der Waals surface area contributed by atoms with Crippen molar-refractivity contribution in [3.63, 3.8) is 0 Å². The number of imidazole rings is 1. The van der Waals surface area contributed by atoms with Gasteiger partial charge in [-0.15, -0.1) is 0 Å². The average molecular weight is 396 g/mol. The first-order valence-corrected chi connectivity index (χ1v) is 10.2. The van der Waals surface area contributed by atoms with Crippen LogP contribution in [0.25, 0.3) is 11.0 Å². The lowest BCUT2D eigenvalue weighted by molar-refractivity contribution is 0.113. The lowest BCUT2D eigenvalue weighted by atomic mass is 10.2. The van der Waals surface area contributed by atoms with Crippen LogP contribution in [0, 0.1) is 0 Å². The number of para-hydroxylation sites is 2. The van der Waals surface area contributed by atoms with Crippen LogP contribution in [-0.2, 0) is 17.7 Å². The van der Waals surface area contributed by atoms with Gasteiger partial charge >= 0.3 is 0 Å². The second kappa shape index (κ2) is 9.12. The van der Waals surface area contributed by atoms with Crippen LogP contribution in [0.1, 0.15) is 24.2 Å². The van der Waals surface area contributed by atoms with E-state index in [2.05, 4.69) is 31.2 Å². The SMILES string of the molecule is S=C(NCC1CCCO1)N(CCc1nc2ccccc2[nH]1)Cc1cccnc1. The van der Waals surface area contributed by atoms with E-state index in [-0.39, 0.29) is 6.10 Å². The summed E-state index contributed by atoms with van der Waals surface area (Å²) in [5.74, 6) is 0.972. The number of nitrogens with one attached hydrogen (secondary N) is 2. The van der Waals surface area contributed by atoms with Crippen molar-refractivity contribution in [2.24, 2.45) is 0 Å². The van der Waals surface area contributed by atoms with Gasteiger partial charge in [0.05, 0.1) is 17.1 Å². The predicted molar refractivity (Wildman–Crippen MR) is 114 cm³/mol. The summed E-state index contributed by atoms with van der Waals surface area (Å²) in [5.41, 5.74) is 3.19. The molecule has 0 aliphatic carbocycles. The van der Waals surface area contributed by atoms with Crippen molar-refractivity contribution >= 4 is 28.4 Å². The predicted octanol–water partition coefficient (Wildman–Crippen LogP) is 3.06. The third-order valence-corrected chi connectivity index (χ3v) is 5.35. The van der Waals surface area contributed by atoms with Crippen molar-refractivity contribution in [1.82, 2.24) is 25.2 Å². The third kappa shape index (κ3) is 4.85. The summed E-state index contributed by atoms with van der Waals surface area (Å²) < 4.78 is 5.70. The van der Waals surface area contributed by atoms with E-state index in [9.17, 15) is 0 Å². The van der Waals surface area contributed by atoms with E-state index in [1.165, 1.54) is 0 Å². The smallest absolute Gasteiger partial charge is 0.169 e. The number of rotatable bonds is 7. The van der Waals surface area contributed by atoms with Crippen molar-refractivity contribution in [3.8, 4) is 0 Å². The number of aromatic amines is 1. The Bertz CT molecular complexity index is 874. The monoisotopic (exact) mass is 395 g/mol. The van der Waals surface area contributed by atoms with Gasteiger partial charge in [-0.25, -0.2) is 4.98 Å². The van der Waals surface area contributed by atoms with E-state index < -0.39 is 0 Å². The van der Waals surface area contributed by atoms with Crippen LogP contribution in [0.3, 0.4) is 0 Å². The van der Waals surface area contributed by atoms with Crippen LogP contribution in [0.2, 0.25) is 0 Å². The Kier molecular flexibility index (Phi) is 6.14. The molecule has 4 rings (SSSR count). The largest absolute Gasteiger partial charge is 0.376 e. The van der Waals surface area contributed by atoms with Crippen LogP contribution >= 0.6 is 12.2 Å². The molecule has 2 aromatic heterocycles. The Morgan fingerprint density at radius 1 is 1.29 bits per heavy atom. The fourth-order valence-corrected chi connectivity index (χ4v) is 3.69. The van der Waals surface area contributed by atoms with Crippen LogP contribution in [-0.4, -0.2) is 50.8 Å². The summed E-state index contributed by atoms with van der Waals surface area (Å²) in [4.78, 5) is 14.5. The first-order valence-electron chi connectivity index (χ1n) is 9.75. The summed E-state index contributed by atoms with van der Waals surface area (Å²) in [6, 6.07) is 12.1. The van der Waals surface area contributed by atoms with Crippen molar-refractivity contribution in [1.29, 1.82) is 0 Å². The van der Waals surface area contributed by atoms with Gasteiger partial charge < -0.3 is 19.9 Å². The fraction of sp³-hybridized carbons (Fsp3) is 0.381. The number of aromatic nitrogens is 3. The summed E-state index contributed by atoms with van der Waals surface area (Å²) in [5, 5.41) is 4.13. The van der Waals surface area contributed by atoms with Crippen LogP contribution in [0.4, 0.5) is 0 Å². The molecule has 7 heteroatoms. The molecule has 1 aromatic carbocycles. The molecular formula is C21H25N5OS. The minimum Gasteiger partial charge on any atom is -0.376 e. The Balaban J connectivity index is 1.41. The number of fused-ring (bicyclic) bond motifs is 1. The minimum absolute atomic E-state index is 0.258. The summed E-state index contributed by atoms with van der Waals surface area (Å²) >= 11 is 5.70. The molecule has 3 aromatic rings. The van der Waals surface area contributed by atoms with Crippen LogP contribution in [0.5, 0.6) is 0 Å². The second-order valence-electron chi connectivity index (χ2n) is 7.05. The number of benzene rings is 1. The standard InChI is InChI=1S/C21H25N5OS/c28-21(23-14-17-6-4-12-27-17)26(15-16-5-3-10-22-13-16)11-9-20-24-18-7-1-2-8-19(18)25-20/h1-3,5,7-8,10,13,17H,4,6,9,11-12,14-15H2,(H,23,28)(H,24,25). The highest BCUT2D eigenvalue weighted by Crippen LogP contribution is 2.13. The van der Waals surface area contributed by atoms with E-state index in [4.69, 9.17) is 17.0 Å². The highest BCUT2D eigenvalue weighted by Gasteiger charge is 2.18. The third-order valence-electron chi connectivity index (χ3n) is 4.95. The number of nitrogens with zero attached hydrogens (tertiary/aromatic N) is 3. The van der Waals surface area contributed by atoms with E-state index in [0.29, 0.717) is 6.54 Å². The van der Waals surface area contributed by atoms with Crippen molar-refractivity contribution < 1.29 is 4.74 Å². The molecule has 0 amide bonds. The zero-order valence-electron chi connectivity index (χ0n) is 15.8. The molecule has 1 unspecified atom stereocenters. The Morgan fingerprint density at radius 2 is 2.21 bits per heavy atom. The highest BCUT2D eigenvalue weighted by atomic mass is 32.1. The van der Waals surface area contributed by atoms with Crippen molar-refractivity contribution in [3.05, 3.63) is 60.2 Å². The van der Waals surface area contributed by atoms with Gasteiger partial charge in [0.1, 0.15) is 5.82 Å². The molecule has 6 nitrogen and oxygen atoms in total. The number of H-pyrrole nitrogens is 1. The maximum atomic E-state index is 5.70. The van der Waals surface area contributed by atoms with Gasteiger partial charge in [0.25, 0.3) is 0 Å². The van der Waals surface area contributed by atoms with Gasteiger partial charge in [0.15, 0.2) is 5.11 Å². The second-order valence-corrected chi connectivity index (χ2v) is 7.44. The number of ether oxygens (including phenoxy) is 1. The normalized spacial score (nSPS) is 16.4. The fourth-order valence-electron chi connectivity index (χ4n) is 3.45. The molecule has 0 saturated carbocycles. The lowest BCUT2D eigenvalue weighted by Crippen LogP contribution is -2.43. The van der Waals surface area contributed by atoms with Gasteiger partial charge in [0.2, 0.25) is 0 Å². The molecule has 1 aliphatic rings. The maximum Gasteiger partial charge on any atom is 0.169 e. The lowest BCUT2D eigenvalue weighted by Gasteiger charge is -2.26. The summed E-state index contributed by atoms with van der Waals surface area (Å²) in [7, 11) is 0. The molecule has 1 saturated heterocycles. The van der Waals surface area contributed by atoms with Gasteiger partial charge in [-0.2, -0.15) is 0 Å². The average Bonchev–Trinajstić information content (AvgIpc) is 3.39. The van der Waals surface area contributed by atoms with Gasteiger partial charge in [0, 0.05) is 45.1 Å². The zero-order valence-corrected chi connectivity index (χ0v) is 16.6. The highest BCUT2D eigenvalue weighted by molar-refractivity contribution is 7.80. The number of pyridine rings is 1. The number of hydrogen-bond donors (Lipinski definition) is 2. The molecule has 1 aliphatic heterocycles.